The first-order valence-electron chi connectivity index (χ1n) is 9.87. The van der Waals surface area contributed by atoms with Gasteiger partial charge in [0.05, 0.1) is 5.92 Å². The molecule has 1 atom stereocenters. The third kappa shape index (κ3) is 3.44. The average Bonchev–Trinajstić information content (AvgIpc) is 3.26. The molecule has 1 aromatic rings. The summed E-state index contributed by atoms with van der Waals surface area (Å²) in [7, 11) is 0. The predicted octanol–water partition coefficient (Wildman–Crippen LogP) is 2.97. The molecule has 0 saturated carbocycles. The van der Waals surface area contributed by atoms with E-state index in [-0.39, 0.29) is 5.92 Å². The lowest BCUT2D eigenvalue weighted by Gasteiger charge is -2.34. The summed E-state index contributed by atoms with van der Waals surface area (Å²) in [4.78, 5) is 28.8. The zero-order chi connectivity index (χ0) is 17.2. The Kier molecular flexibility index (Phi) is 4.78. The van der Waals surface area contributed by atoms with E-state index in [2.05, 4.69) is 29.2 Å². The maximum atomic E-state index is 13.0. The van der Waals surface area contributed by atoms with Crippen LogP contribution in [-0.2, 0) is 16.0 Å². The van der Waals surface area contributed by atoms with Crippen molar-refractivity contribution in [3.63, 3.8) is 0 Å². The molecule has 2 amide bonds. The van der Waals surface area contributed by atoms with E-state index in [4.69, 9.17) is 0 Å². The van der Waals surface area contributed by atoms with Crippen molar-refractivity contribution < 1.29 is 9.59 Å². The van der Waals surface area contributed by atoms with Crippen LogP contribution in [0.1, 0.15) is 55.6 Å². The fraction of sp³-hybridized carbons (Fsp3) is 0.619. The third-order valence-electron chi connectivity index (χ3n) is 6.34. The summed E-state index contributed by atoms with van der Waals surface area (Å²) in [6.07, 6.45) is 7.02. The Morgan fingerprint density at radius 3 is 2.60 bits per heavy atom. The number of hydrogen-bond donors (Lipinski definition) is 0. The first-order valence-corrected chi connectivity index (χ1v) is 9.87. The molecular formula is C21H28N2O2. The van der Waals surface area contributed by atoms with Gasteiger partial charge in [-0.05, 0) is 55.6 Å². The molecular weight excluding hydrogens is 312 g/mol. The van der Waals surface area contributed by atoms with Crippen LogP contribution in [0, 0.1) is 5.92 Å². The number of fused-ring (bicyclic) bond motifs is 1. The normalized spacial score (nSPS) is 24.0. The second kappa shape index (κ2) is 7.19. The zero-order valence-electron chi connectivity index (χ0n) is 15.0. The largest absolute Gasteiger partial charge is 0.343 e. The van der Waals surface area contributed by atoms with E-state index in [1.165, 1.54) is 11.1 Å². The van der Waals surface area contributed by atoms with Gasteiger partial charge in [0, 0.05) is 32.6 Å². The summed E-state index contributed by atoms with van der Waals surface area (Å²) in [5, 5.41) is 0. The van der Waals surface area contributed by atoms with Crippen molar-refractivity contribution in [1.82, 2.24) is 9.80 Å². The Hall–Kier alpha value is -1.84. The Balaban J connectivity index is 1.27. The SMILES string of the molecule is O=C1CCCN1CCC1CCN(C(=O)C2CCc3ccccc32)CC1. The summed E-state index contributed by atoms with van der Waals surface area (Å²) in [5.74, 6) is 1.40. The van der Waals surface area contributed by atoms with Gasteiger partial charge in [-0.25, -0.2) is 0 Å². The molecule has 4 rings (SSSR count). The summed E-state index contributed by atoms with van der Waals surface area (Å²) in [5.41, 5.74) is 2.60. The number of piperidine rings is 1. The molecule has 3 aliphatic rings. The van der Waals surface area contributed by atoms with Gasteiger partial charge in [-0.3, -0.25) is 9.59 Å². The molecule has 2 aliphatic heterocycles. The Morgan fingerprint density at radius 2 is 1.84 bits per heavy atom. The van der Waals surface area contributed by atoms with Crippen LogP contribution in [0.25, 0.3) is 0 Å². The van der Waals surface area contributed by atoms with Crippen molar-refractivity contribution in [3.8, 4) is 0 Å². The first-order chi connectivity index (χ1) is 12.2. The van der Waals surface area contributed by atoms with Gasteiger partial charge < -0.3 is 9.80 Å². The van der Waals surface area contributed by atoms with Crippen molar-refractivity contribution >= 4 is 11.8 Å². The second-order valence-corrected chi connectivity index (χ2v) is 7.83. The number of rotatable bonds is 4. The topological polar surface area (TPSA) is 40.6 Å². The monoisotopic (exact) mass is 340 g/mol. The lowest BCUT2D eigenvalue weighted by Crippen LogP contribution is -2.41. The van der Waals surface area contributed by atoms with Crippen LogP contribution >= 0.6 is 0 Å². The van der Waals surface area contributed by atoms with E-state index in [9.17, 15) is 9.59 Å². The summed E-state index contributed by atoms with van der Waals surface area (Å²) < 4.78 is 0. The smallest absolute Gasteiger partial charge is 0.230 e. The Morgan fingerprint density at radius 1 is 1.04 bits per heavy atom. The molecule has 2 heterocycles. The molecule has 1 aromatic carbocycles. The average molecular weight is 340 g/mol. The van der Waals surface area contributed by atoms with Crippen LogP contribution in [-0.4, -0.2) is 47.8 Å². The highest BCUT2D eigenvalue weighted by molar-refractivity contribution is 5.85. The molecule has 0 bridgehead atoms. The van der Waals surface area contributed by atoms with E-state index in [1.54, 1.807) is 0 Å². The van der Waals surface area contributed by atoms with E-state index < -0.39 is 0 Å². The maximum absolute atomic E-state index is 13.0. The van der Waals surface area contributed by atoms with Crippen molar-refractivity contribution in [2.24, 2.45) is 5.92 Å². The third-order valence-corrected chi connectivity index (χ3v) is 6.34. The molecule has 0 aromatic heterocycles. The fourth-order valence-corrected chi connectivity index (χ4v) is 4.75. The number of hydrogen-bond acceptors (Lipinski definition) is 2. The van der Waals surface area contributed by atoms with Gasteiger partial charge in [-0.1, -0.05) is 24.3 Å². The molecule has 134 valence electrons. The molecule has 0 N–H and O–H groups in total. The molecule has 2 saturated heterocycles. The maximum Gasteiger partial charge on any atom is 0.230 e. The van der Waals surface area contributed by atoms with Gasteiger partial charge in [-0.15, -0.1) is 0 Å². The quantitative estimate of drug-likeness (QED) is 0.845. The lowest BCUT2D eigenvalue weighted by atomic mass is 9.91. The zero-order valence-corrected chi connectivity index (χ0v) is 15.0. The number of carbonyl (C=O) groups excluding carboxylic acids is 2. The van der Waals surface area contributed by atoms with Crippen molar-refractivity contribution in [2.75, 3.05) is 26.2 Å². The number of aryl methyl sites for hydroxylation is 1. The highest BCUT2D eigenvalue weighted by atomic mass is 16.2. The number of amides is 2. The molecule has 25 heavy (non-hydrogen) atoms. The van der Waals surface area contributed by atoms with Gasteiger partial charge in [0.1, 0.15) is 0 Å². The van der Waals surface area contributed by atoms with E-state index in [0.717, 1.165) is 71.1 Å². The van der Waals surface area contributed by atoms with Crippen LogP contribution in [0.2, 0.25) is 0 Å². The Labute approximate surface area is 150 Å². The standard InChI is InChI=1S/C21H28N2O2/c24-20-6-3-12-22(20)13-9-16-10-14-23(15-11-16)21(25)19-8-7-17-4-1-2-5-18(17)19/h1-2,4-5,16,19H,3,6-15H2. The van der Waals surface area contributed by atoms with E-state index in [0.29, 0.717) is 17.7 Å². The van der Waals surface area contributed by atoms with Gasteiger partial charge in [0.25, 0.3) is 0 Å². The highest BCUT2D eigenvalue weighted by Gasteiger charge is 2.33. The number of benzene rings is 1. The first kappa shape index (κ1) is 16.6. The molecule has 1 unspecified atom stereocenters. The molecule has 0 spiro atoms. The number of nitrogens with zero attached hydrogens (tertiary/aromatic N) is 2. The van der Waals surface area contributed by atoms with Gasteiger partial charge in [0.2, 0.25) is 11.8 Å². The second-order valence-electron chi connectivity index (χ2n) is 7.83. The van der Waals surface area contributed by atoms with Crippen LogP contribution in [0.15, 0.2) is 24.3 Å². The minimum Gasteiger partial charge on any atom is -0.343 e. The van der Waals surface area contributed by atoms with E-state index >= 15 is 0 Å². The number of likely N-dealkylation sites (tertiary alicyclic amines) is 2. The van der Waals surface area contributed by atoms with E-state index in [1.807, 2.05) is 4.90 Å². The fourth-order valence-electron chi connectivity index (χ4n) is 4.75. The van der Waals surface area contributed by atoms with Gasteiger partial charge in [0.15, 0.2) is 0 Å². The molecule has 1 aliphatic carbocycles. The number of carbonyl (C=O) groups is 2. The summed E-state index contributed by atoms with van der Waals surface area (Å²) in [6.45, 7) is 3.62. The predicted molar refractivity (Wildman–Crippen MR) is 97.2 cm³/mol. The lowest BCUT2D eigenvalue weighted by molar-refractivity contribution is -0.134. The highest BCUT2D eigenvalue weighted by Crippen LogP contribution is 2.35. The van der Waals surface area contributed by atoms with Crippen molar-refractivity contribution in [1.29, 1.82) is 0 Å². The molecule has 2 fully saturated rings. The molecule has 4 nitrogen and oxygen atoms in total. The van der Waals surface area contributed by atoms with Crippen LogP contribution in [0.3, 0.4) is 0 Å². The van der Waals surface area contributed by atoms with Crippen LogP contribution in [0.4, 0.5) is 0 Å². The Bertz CT molecular complexity index is 649. The molecule has 4 heteroatoms. The van der Waals surface area contributed by atoms with Crippen molar-refractivity contribution in [3.05, 3.63) is 35.4 Å². The van der Waals surface area contributed by atoms with Crippen LogP contribution in [0.5, 0.6) is 0 Å². The minimum atomic E-state index is 0.0787. The molecule has 0 radical (unpaired) electrons. The van der Waals surface area contributed by atoms with Crippen LogP contribution < -0.4 is 0 Å². The van der Waals surface area contributed by atoms with Crippen molar-refractivity contribution in [2.45, 2.75) is 50.9 Å². The van der Waals surface area contributed by atoms with Gasteiger partial charge >= 0.3 is 0 Å². The minimum absolute atomic E-state index is 0.0787. The summed E-state index contributed by atoms with van der Waals surface area (Å²) in [6, 6.07) is 8.41. The van der Waals surface area contributed by atoms with Gasteiger partial charge in [-0.2, -0.15) is 0 Å². The summed E-state index contributed by atoms with van der Waals surface area (Å²) >= 11 is 0.